The van der Waals surface area contributed by atoms with Crippen molar-refractivity contribution in [1.29, 1.82) is 0 Å². The molecule has 0 saturated heterocycles. The Hall–Kier alpha value is -1.56. The number of methoxy groups -OCH3 is 1. The largest absolute Gasteiger partial charge is 0.475 e. The maximum Gasteiger partial charge on any atom is 0.347 e. The third kappa shape index (κ3) is 2.73. The molecule has 0 aliphatic heterocycles. The average molecular weight is 228 g/mol. The van der Waals surface area contributed by atoms with Gasteiger partial charge in [0, 0.05) is 0 Å². The van der Waals surface area contributed by atoms with E-state index in [4.69, 9.17) is 15.0 Å². The number of aromatic nitrogens is 1. The minimum absolute atomic E-state index is 0.0779. The van der Waals surface area contributed by atoms with E-state index < -0.39 is 5.97 Å². The number of esters is 1. The van der Waals surface area contributed by atoms with Crippen LogP contribution in [0.2, 0.25) is 0 Å². The summed E-state index contributed by atoms with van der Waals surface area (Å²) in [6, 6.07) is 0. The van der Waals surface area contributed by atoms with E-state index in [2.05, 4.69) is 9.89 Å². The standard InChI is InChI=1S/C10H16N2O4/c1-3-4-5-15-9-8(10(13)14-2)7(6-11)16-12-9/h3-6,11H2,1-2H3. The highest BCUT2D eigenvalue weighted by molar-refractivity contribution is 5.92. The molecule has 0 unspecified atom stereocenters. The molecule has 0 atom stereocenters. The molecule has 1 aromatic rings. The second-order valence-corrected chi connectivity index (χ2v) is 3.18. The van der Waals surface area contributed by atoms with Crippen LogP contribution in [-0.4, -0.2) is 24.8 Å². The summed E-state index contributed by atoms with van der Waals surface area (Å²) in [5, 5.41) is 3.65. The van der Waals surface area contributed by atoms with Crippen molar-refractivity contribution in [2.45, 2.75) is 26.3 Å². The van der Waals surface area contributed by atoms with Crippen LogP contribution in [0.5, 0.6) is 5.88 Å². The molecule has 0 aliphatic rings. The van der Waals surface area contributed by atoms with Crippen LogP contribution in [0.1, 0.15) is 35.9 Å². The van der Waals surface area contributed by atoms with Crippen LogP contribution in [0.4, 0.5) is 0 Å². The lowest BCUT2D eigenvalue weighted by Gasteiger charge is -2.03. The predicted molar refractivity (Wildman–Crippen MR) is 56.1 cm³/mol. The number of hydrogen-bond acceptors (Lipinski definition) is 6. The Labute approximate surface area is 93.7 Å². The van der Waals surface area contributed by atoms with E-state index in [0.29, 0.717) is 6.61 Å². The second kappa shape index (κ2) is 6.12. The summed E-state index contributed by atoms with van der Waals surface area (Å²) in [6.45, 7) is 2.60. The SMILES string of the molecule is CCCCOc1noc(CN)c1C(=O)OC. The normalized spacial score (nSPS) is 10.2. The number of nitrogens with zero attached hydrogens (tertiary/aromatic N) is 1. The molecule has 0 bridgehead atoms. The molecule has 6 heteroatoms. The summed E-state index contributed by atoms with van der Waals surface area (Å²) in [6.07, 6.45) is 1.88. The molecule has 0 aliphatic carbocycles. The monoisotopic (exact) mass is 228 g/mol. The van der Waals surface area contributed by atoms with E-state index in [0.717, 1.165) is 12.8 Å². The summed E-state index contributed by atoms with van der Waals surface area (Å²) < 4.78 is 14.8. The van der Waals surface area contributed by atoms with Crippen LogP contribution in [0.15, 0.2) is 4.52 Å². The van der Waals surface area contributed by atoms with Crippen molar-refractivity contribution >= 4 is 5.97 Å². The fourth-order valence-corrected chi connectivity index (χ4v) is 1.16. The fourth-order valence-electron chi connectivity index (χ4n) is 1.16. The molecule has 0 fully saturated rings. The molecule has 6 nitrogen and oxygen atoms in total. The van der Waals surface area contributed by atoms with Crippen molar-refractivity contribution in [3.8, 4) is 5.88 Å². The van der Waals surface area contributed by atoms with Crippen molar-refractivity contribution in [3.05, 3.63) is 11.3 Å². The molecular weight excluding hydrogens is 212 g/mol. The lowest BCUT2D eigenvalue weighted by molar-refractivity contribution is 0.0594. The molecule has 1 heterocycles. The Bertz CT molecular complexity index is 349. The van der Waals surface area contributed by atoms with Gasteiger partial charge in [0.05, 0.1) is 20.3 Å². The number of hydrogen-bond donors (Lipinski definition) is 1. The molecule has 16 heavy (non-hydrogen) atoms. The lowest BCUT2D eigenvalue weighted by atomic mass is 10.2. The Morgan fingerprint density at radius 2 is 2.31 bits per heavy atom. The Morgan fingerprint density at radius 3 is 2.88 bits per heavy atom. The zero-order chi connectivity index (χ0) is 12.0. The Balaban J connectivity index is 2.82. The summed E-state index contributed by atoms with van der Waals surface area (Å²) in [5.74, 6) is -0.118. The molecule has 0 radical (unpaired) electrons. The first-order chi connectivity index (χ1) is 7.74. The summed E-state index contributed by atoms with van der Waals surface area (Å²) in [7, 11) is 1.28. The van der Waals surface area contributed by atoms with Gasteiger partial charge >= 0.3 is 5.97 Å². The van der Waals surface area contributed by atoms with Crippen molar-refractivity contribution < 1.29 is 18.8 Å². The Kier molecular flexibility index (Phi) is 4.78. The van der Waals surface area contributed by atoms with Gasteiger partial charge in [0.15, 0.2) is 11.3 Å². The quantitative estimate of drug-likeness (QED) is 0.579. The first kappa shape index (κ1) is 12.5. The first-order valence-corrected chi connectivity index (χ1v) is 5.14. The second-order valence-electron chi connectivity index (χ2n) is 3.18. The molecule has 0 aromatic carbocycles. The summed E-state index contributed by atoms with van der Waals surface area (Å²) in [5.41, 5.74) is 5.60. The van der Waals surface area contributed by atoms with Crippen LogP contribution < -0.4 is 10.5 Å². The third-order valence-electron chi connectivity index (χ3n) is 2.04. The number of rotatable bonds is 6. The maximum absolute atomic E-state index is 11.5. The van der Waals surface area contributed by atoms with Gasteiger partial charge in [0.1, 0.15) is 0 Å². The topological polar surface area (TPSA) is 87.6 Å². The summed E-state index contributed by atoms with van der Waals surface area (Å²) in [4.78, 5) is 11.5. The molecular formula is C10H16N2O4. The molecule has 2 N–H and O–H groups in total. The van der Waals surface area contributed by atoms with Crippen molar-refractivity contribution in [1.82, 2.24) is 5.16 Å². The van der Waals surface area contributed by atoms with Gasteiger partial charge in [-0.1, -0.05) is 13.3 Å². The summed E-state index contributed by atoms with van der Waals surface area (Å²) >= 11 is 0. The minimum Gasteiger partial charge on any atom is -0.475 e. The van der Waals surface area contributed by atoms with Crippen LogP contribution >= 0.6 is 0 Å². The zero-order valence-corrected chi connectivity index (χ0v) is 9.49. The number of carbonyl (C=O) groups excluding carboxylic acids is 1. The number of unbranched alkanes of at least 4 members (excludes halogenated alkanes) is 1. The third-order valence-corrected chi connectivity index (χ3v) is 2.04. The van der Waals surface area contributed by atoms with E-state index >= 15 is 0 Å². The maximum atomic E-state index is 11.5. The molecule has 1 rings (SSSR count). The van der Waals surface area contributed by atoms with Crippen LogP contribution in [0.3, 0.4) is 0 Å². The molecule has 0 amide bonds. The van der Waals surface area contributed by atoms with Crippen molar-refractivity contribution in [3.63, 3.8) is 0 Å². The highest BCUT2D eigenvalue weighted by Gasteiger charge is 2.24. The van der Waals surface area contributed by atoms with Crippen molar-refractivity contribution in [2.75, 3.05) is 13.7 Å². The van der Waals surface area contributed by atoms with E-state index in [9.17, 15) is 4.79 Å². The molecule has 90 valence electrons. The lowest BCUT2D eigenvalue weighted by Crippen LogP contribution is -2.09. The number of nitrogens with two attached hydrogens (primary N) is 1. The van der Waals surface area contributed by atoms with Crippen molar-refractivity contribution in [2.24, 2.45) is 5.73 Å². The first-order valence-electron chi connectivity index (χ1n) is 5.14. The van der Waals surface area contributed by atoms with Crippen LogP contribution in [0, 0.1) is 0 Å². The van der Waals surface area contributed by atoms with Gasteiger partial charge < -0.3 is 19.7 Å². The van der Waals surface area contributed by atoms with Crippen LogP contribution in [-0.2, 0) is 11.3 Å². The highest BCUT2D eigenvalue weighted by atomic mass is 16.6. The molecule has 0 saturated carbocycles. The minimum atomic E-state index is -0.548. The number of ether oxygens (including phenoxy) is 2. The van der Waals surface area contributed by atoms with Crippen LogP contribution in [0.25, 0.3) is 0 Å². The fraction of sp³-hybridized carbons (Fsp3) is 0.600. The van der Waals surface area contributed by atoms with E-state index in [-0.39, 0.29) is 23.7 Å². The highest BCUT2D eigenvalue weighted by Crippen LogP contribution is 2.22. The Morgan fingerprint density at radius 1 is 1.56 bits per heavy atom. The van der Waals surface area contributed by atoms with E-state index in [1.54, 1.807) is 0 Å². The number of carbonyl (C=O) groups is 1. The predicted octanol–water partition coefficient (Wildman–Crippen LogP) is 1.10. The van der Waals surface area contributed by atoms with Gasteiger partial charge in [-0.2, -0.15) is 0 Å². The van der Waals surface area contributed by atoms with E-state index in [1.165, 1.54) is 7.11 Å². The van der Waals surface area contributed by atoms with Gasteiger partial charge in [0.2, 0.25) is 0 Å². The van der Waals surface area contributed by atoms with E-state index in [1.807, 2.05) is 6.92 Å². The smallest absolute Gasteiger partial charge is 0.347 e. The molecule has 1 aromatic heterocycles. The van der Waals surface area contributed by atoms with Gasteiger partial charge in [-0.05, 0) is 11.6 Å². The van der Waals surface area contributed by atoms with Gasteiger partial charge in [0.25, 0.3) is 5.88 Å². The molecule has 0 spiro atoms. The van der Waals surface area contributed by atoms with Gasteiger partial charge in [-0.15, -0.1) is 0 Å². The van der Waals surface area contributed by atoms with Gasteiger partial charge in [-0.3, -0.25) is 0 Å². The average Bonchev–Trinajstić information content (AvgIpc) is 2.71. The van der Waals surface area contributed by atoms with Gasteiger partial charge in [-0.25, -0.2) is 4.79 Å². The zero-order valence-electron chi connectivity index (χ0n) is 9.49.